The molecule has 0 bridgehead atoms. The zero-order valence-corrected chi connectivity index (χ0v) is 41.1. The van der Waals surface area contributed by atoms with E-state index in [1.165, 1.54) is 31.8 Å². The number of unbranched alkanes of at least 4 members (excludes halogenated alkanes) is 8. The average Bonchev–Trinajstić information content (AvgIpc) is 3.67. The number of esters is 1. The number of carboxylic acid groups (broad SMARTS) is 1. The number of allylic oxidation sites excluding steroid dienone is 1. The maximum Gasteiger partial charge on any atom is 0.417 e. The van der Waals surface area contributed by atoms with Crippen LogP contribution in [-0.2, 0) is 44.2 Å². The first-order valence-electron chi connectivity index (χ1n) is 23.0. The van der Waals surface area contributed by atoms with Crippen LogP contribution in [0.4, 0.5) is 4.79 Å². The molecule has 1 heterocycles. The highest BCUT2D eigenvalue weighted by Crippen LogP contribution is 2.38. The molecule has 0 unspecified atom stereocenters. The number of aliphatic carboxylic acids is 1. The largest absolute Gasteiger partial charge is 0.481 e. The van der Waals surface area contributed by atoms with Crippen molar-refractivity contribution in [3.05, 3.63) is 42.0 Å². The van der Waals surface area contributed by atoms with Gasteiger partial charge in [0.05, 0.1) is 19.1 Å². The first kappa shape index (κ1) is 55.4. The number of rotatable bonds is 28. The van der Waals surface area contributed by atoms with Gasteiger partial charge in [-0.2, -0.15) is 0 Å². The van der Waals surface area contributed by atoms with E-state index in [2.05, 4.69) is 18.8 Å². The molecule has 1 fully saturated rings. The molecule has 63 heavy (non-hydrogen) atoms. The van der Waals surface area contributed by atoms with Gasteiger partial charge in [0.25, 0.3) is 0 Å². The van der Waals surface area contributed by atoms with Crippen LogP contribution < -0.4 is 4.74 Å². The van der Waals surface area contributed by atoms with E-state index >= 15 is 0 Å². The van der Waals surface area contributed by atoms with E-state index in [0.29, 0.717) is 25.4 Å². The molecule has 1 saturated heterocycles. The summed E-state index contributed by atoms with van der Waals surface area (Å²) in [6.07, 6.45) is 13.2. The van der Waals surface area contributed by atoms with Crippen LogP contribution in [0, 0.1) is 17.8 Å². The molecule has 0 aromatic heterocycles. The molecule has 0 aliphatic carbocycles. The number of aliphatic hydroxyl groups is 1. The van der Waals surface area contributed by atoms with Crippen molar-refractivity contribution >= 4 is 32.3 Å². The van der Waals surface area contributed by atoms with Gasteiger partial charge in [0, 0.05) is 32.4 Å². The van der Waals surface area contributed by atoms with Gasteiger partial charge in [0.15, 0.2) is 26.3 Å². The number of ether oxygens (including phenoxy) is 5. The Hall–Kier alpha value is -3.74. The summed E-state index contributed by atoms with van der Waals surface area (Å²) in [7, 11) is -2.38. The Balaban J connectivity index is 2.34. The highest BCUT2D eigenvalue weighted by Gasteiger charge is 2.50. The smallest absolute Gasteiger partial charge is 0.417 e. The van der Waals surface area contributed by atoms with Crippen molar-refractivity contribution in [3.63, 3.8) is 0 Å². The highest BCUT2D eigenvalue weighted by molar-refractivity contribution is 6.74. The Morgan fingerprint density at radius 2 is 1.52 bits per heavy atom. The van der Waals surface area contributed by atoms with E-state index < -0.39 is 68.2 Å². The quantitative estimate of drug-likeness (QED) is 0.0269. The number of carbonyl (C=O) groups is 4. The molecule has 14 heteroatoms. The Morgan fingerprint density at radius 1 is 0.921 bits per heavy atom. The summed E-state index contributed by atoms with van der Waals surface area (Å²) in [5.74, 6) is 0.515. The summed E-state index contributed by atoms with van der Waals surface area (Å²) in [6.45, 7) is 19.4. The van der Waals surface area contributed by atoms with Gasteiger partial charge in [-0.05, 0) is 95.6 Å². The Kier molecular flexibility index (Phi) is 23.7. The minimum Gasteiger partial charge on any atom is -0.481 e. The predicted molar refractivity (Wildman–Crippen MR) is 247 cm³/mol. The first-order chi connectivity index (χ1) is 29.6. The van der Waals surface area contributed by atoms with Crippen LogP contribution in [0.5, 0.6) is 5.75 Å². The van der Waals surface area contributed by atoms with E-state index in [9.17, 15) is 29.4 Å². The second-order valence-electron chi connectivity index (χ2n) is 19.0. The Morgan fingerprint density at radius 3 is 2.08 bits per heavy atom. The van der Waals surface area contributed by atoms with E-state index in [1.54, 1.807) is 58.0 Å². The lowest BCUT2D eigenvalue weighted by Crippen LogP contribution is -2.55. The van der Waals surface area contributed by atoms with Crippen molar-refractivity contribution in [3.8, 4) is 17.6 Å². The van der Waals surface area contributed by atoms with Crippen LogP contribution in [0.1, 0.15) is 144 Å². The van der Waals surface area contributed by atoms with E-state index in [0.717, 1.165) is 55.4 Å². The fourth-order valence-corrected chi connectivity index (χ4v) is 7.93. The maximum absolute atomic E-state index is 14.7. The predicted octanol–water partition coefficient (Wildman–Crippen LogP) is 9.78. The molecule has 1 aromatic carbocycles. The molecule has 13 nitrogen and oxygen atoms in total. The van der Waals surface area contributed by atoms with Crippen molar-refractivity contribution in [1.82, 2.24) is 4.90 Å². The number of hydrogen-bond donors (Lipinski definition) is 2. The summed E-state index contributed by atoms with van der Waals surface area (Å²) in [5, 5.41) is 22.5. The summed E-state index contributed by atoms with van der Waals surface area (Å²) in [5.41, 5.74) is -2.78. The van der Waals surface area contributed by atoms with Crippen LogP contribution >= 0.6 is 0 Å². The topological polar surface area (TPSA) is 167 Å². The number of nitrogens with zero attached hydrogens (tertiary/aromatic N) is 1. The fourth-order valence-electron chi connectivity index (χ4n) is 6.88. The van der Waals surface area contributed by atoms with Gasteiger partial charge >= 0.3 is 18.0 Å². The van der Waals surface area contributed by atoms with Crippen molar-refractivity contribution in [2.24, 2.45) is 5.92 Å². The molecule has 0 spiro atoms. The number of imide groups is 1. The molecular weight excluding hydrogens is 823 g/mol. The van der Waals surface area contributed by atoms with Gasteiger partial charge in [-0.15, -0.1) is 5.92 Å². The summed E-state index contributed by atoms with van der Waals surface area (Å²) >= 11 is 0. The van der Waals surface area contributed by atoms with Gasteiger partial charge in [-0.25, -0.2) is 19.3 Å². The number of amides is 2. The second kappa shape index (κ2) is 26.9. The molecule has 356 valence electrons. The third-order valence-electron chi connectivity index (χ3n) is 11.6. The maximum atomic E-state index is 14.7. The molecule has 2 amide bonds. The Labute approximate surface area is 379 Å². The average molecular weight is 902 g/mol. The lowest BCUT2D eigenvalue weighted by molar-refractivity contribution is -0.170. The standard InChI is InChI=1S/C49H79NO12Si/c1-11-13-15-19-22-30-48(59-36-37-60-48)31-23-20-17-16-18-21-24-41(49(56,44(53)54)32-35-61-63(9,10)47(6,7)8)43(52)50(45(55)58-38-42(51)62-46(3,4)5)33-29-39-25-27-40(28-26-39)57-34-14-12-2/h21,24-28,41,56H,11,13,15-20,22-23,29-38H2,1-10H3,(H,53,54)/b24-21+/t41-,49+/m1/s1. The van der Waals surface area contributed by atoms with Crippen LogP contribution in [-0.4, -0.2) is 104 Å². The molecule has 1 aromatic rings. The van der Waals surface area contributed by atoms with E-state index in [-0.39, 0.29) is 31.2 Å². The molecule has 2 N–H and O–H groups in total. The lowest BCUT2D eigenvalue weighted by atomic mass is 9.82. The molecule has 0 radical (unpaired) electrons. The Bertz CT molecular complexity index is 1650. The van der Waals surface area contributed by atoms with Crippen LogP contribution in [0.2, 0.25) is 18.1 Å². The van der Waals surface area contributed by atoms with Gasteiger partial charge in [-0.1, -0.05) is 96.4 Å². The van der Waals surface area contributed by atoms with Crippen LogP contribution in [0.25, 0.3) is 0 Å². The number of benzene rings is 1. The van der Waals surface area contributed by atoms with E-state index in [4.69, 9.17) is 28.1 Å². The first-order valence-corrected chi connectivity index (χ1v) is 25.9. The zero-order valence-electron chi connectivity index (χ0n) is 40.1. The summed E-state index contributed by atoms with van der Waals surface area (Å²) < 4.78 is 34.7. The number of carbonyl (C=O) groups excluding carboxylic acids is 3. The molecule has 1 aliphatic heterocycles. The summed E-state index contributed by atoms with van der Waals surface area (Å²) in [4.78, 5) is 54.9. The van der Waals surface area contributed by atoms with Crippen molar-refractivity contribution in [2.75, 3.05) is 39.6 Å². The van der Waals surface area contributed by atoms with Gasteiger partial charge in [0.2, 0.25) is 5.91 Å². The van der Waals surface area contributed by atoms with Crippen molar-refractivity contribution in [2.45, 2.75) is 180 Å². The monoisotopic (exact) mass is 902 g/mol. The van der Waals surface area contributed by atoms with Gasteiger partial charge in [0.1, 0.15) is 18.0 Å². The van der Waals surface area contributed by atoms with E-state index in [1.807, 2.05) is 33.9 Å². The molecule has 2 atom stereocenters. The summed E-state index contributed by atoms with van der Waals surface area (Å²) in [6, 6.07) is 7.02. The number of carboxylic acids is 1. The third-order valence-corrected chi connectivity index (χ3v) is 16.2. The highest BCUT2D eigenvalue weighted by atomic mass is 28.4. The second-order valence-corrected chi connectivity index (χ2v) is 23.8. The minimum absolute atomic E-state index is 0.133. The third kappa shape index (κ3) is 19.9. The SMILES string of the molecule is CC#CCOc1ccc(CCN(C(=O)OCC(=O)OC(C)(C)C)C(=O)[C@@H](/C=C/CCCCCCC2(CCCCCCC)OCCO2)[C@@](O)(CCO[Si](C)(C)C(C)(C)C)C(=O)O)cc1. The molecular formula is C49H79NO12Si. The van der Waals surface area contributed by atoms with Gasteiger partial charge < -0.3 is 38.3 Å². The normalized spacial score (nSPS) is 15.5. The zero-order chi connectivity index (χ0) is 47.2. The fraction of sp³-hybridized carbons (Fsp3) is 0.714. The van der Waals surface area contributed by atoms with Crippen molar-refractivity contribution in [1.29, 1.82) is 0 Å². The molecule has 1 aliphatic rings. The molecule has 0 saturated carbocycles. The van der Waals surface area contributed by atoms with Crippen LogP contribution in [0.3, 0.4) is 0 Å². The van der Waals surface area contributed by atoms with Crippen molar-refractivity contribution < 1.29 is 57.5 Å². The minimum atomic E-state index is -2.66. The molecule has 2 rings (SSSR count). The lowest BCUT2D eigenvalue weighted by Gasteiger charge is -2.38. The van der Waals surface area contributed by atoms with Crippen LogP contribution in [0.15, 0.2) is 36.4 Å². The van der Waals surface area contributed by atoms with Gasteiger partial charge in [-0.3, -0.25) is 4.79 Å². The number of hydrogen-bond acceptors (Lipinski definition) is 11.